The van der Waals surface area contributed by atoms with Gasteiger partial charge in [-0.3, -0.25) is 9.59 Å². The summed E-state index contributed by atoms with van der Waals surface area (Å²) in [5.41, 5.74) is -0.423. The molecule has 4 aromatic rings. The maximum absolute atomic E-state index is 13.7. The molecule has 2 N–H and O–H groups in total. The monoisotopic (exact) mass is 480 g/mol. The second-order valence-corrected chi connectivity index (χ2v) is 7.48. The standard InChI is InChI=1S/C26H19F3N2O4/c27-26(28,29)22-14-20(30-25(33)19-11-12-34-16-19)9-10-23(22)31-24(32)18-7-4-8-21(13-18)35-15-17-5-2-1-3-6-17/h1-14,16H,15H2,(H,30,33)(H,31,32). The molecule has 0 aliphatic heterocycles. The van der Waals surface area contributed by atoms with Crippen LogP contribution in [0.1, 0.15) is 31.8 Å². The van der Waals surface area contributed by atoms with Gasteiger partial charge < -0.3 is 19.8 Å². The molecule has 3 aromatic carbocycles. The number of carbonyl (C=O) groups excluding carboxylic acids is 2. The molecule has 35 heavy (non-hydrogen) atoms. The fourth-order valence-corrected chi connectivity index (χ4v) is 3.22. The van der Waals surface area contributed by atoms with Gasteiger partial charge in [0.1, 0.15) is 18.6 Å². The molecule has 1 aromatic heterocycles. The van der Waals surface area contributed by atoms with Crippen molar-refractivity contribution in [1.82, 2.24) is 0 Å². The predicted molar refractivity (Wildman–Crippen MR) is 123 cm³/mol. The van der Waals surface area contributed by atoms with Gasteiger partial charge in [-0.15, -0.1) is 0 Å². The number of rotatable bonds is 7. The Morgan fingerprint density at radius 1 is 0.829 bits per heavy atom. The molecule has 2 amide bonds. The van der Waals surface area contributed by atoms with Crippen molar-refractivity contribution in [3.05, 3.63) is 114 Å². The van der Waals surface area contributed by atoms with Crippen LogP contribution in [-0.2, 0) is 12.8 Å². The number of carbonyl (C=O) groups is 2. The molecule has 6 nitrogen and oxygen atoms in total. The van der Waals surface area contributed by atoms with Gasteiger partial charge in [-0.2, -0.15) is 13.2 Å². The first-order valence-electron chi connectivity index (χ1n) is 10.4. The van der Waals surface area contributed by atoms with Crippen molar-refractivity contribution < 1.29 is 31.9 Å². The number of benzene rings is 3. The highest BCUT2D eigenvalue weighted by Gasteiger charge is 2.34. The second kappa shape index (κ2) is 10.2. The molecule has 0 spiro atoms. The summed E-state index contributed by atoms with van der Waals surface area (Å²) < 4.78 is 51.6. The summed E-state index contributed by atoms with van der Waals surface area (Å²) in [6.07, 6.45) is -2.33. The van der Waals surface area contributed by atoms with E-state index in [9.17, 15) is 22.8 Å². The van der Waals surface area contributed by atoms with Crippen molar-refractivity contribution in [3.63, 3.8) is 0 Å². The van der Waals surface area contributed by atoms with E-state index in [0.29, 0.717) is 5.75 Å². The maximum atomic E-state index is 13.7. The summed E-state index contributed by atoms with van der Waals surface area (Å²) in [5, 5.41) is 4.68. The van der Waals surface area contributed by atoms with Gasteiger partial charge in [0.15, 0.2) is 0 Å². The fourth-order valence-electron chi connectivity index (χ4n) is 3.22. The van der Waals surface area contributed by atoms with Gasteiger partial charge in [-0.25, -0.2) is 0 Å². The van der Waals surface area contributed by atoms with Crippen LogP contribution in [0.2, 0.25) is 0 Å². The minimum atomic E-state index is -4.78. The van der Waals surface area contributed by atoms with Gasteiger partial charge in [0.05, 0.1) is 23.1 Å². The number of amides is 2. The van der Waals surface area contributed by atoms with Crippen molar-refractivity contribution >= 4 is 23.2 Å². The Morgan fingerprint density at radius 3 is 2.31 bits per heavy atom. The predicted octanol–water partition coefficient (Wildman–Crippen LogP) is 6.38. The van der Waals surface area contributed by atoms with E-state index in [2.05, 4.69) is 10.6 Å². The van der Waals surface area contributed by atoms with E-state index in [0.717, 1.165) is 17.7 Å². The van der Waals surface area contributed by atoms with Gasteiger partial charge in [-0.05, 0) is 48.0 Å². The number of nitrogens with one attached hydrogen (secondary N) is 2. The van der Waals surface area contributed by atoms with Crippen LogP contribution in [0.5, 0.6) is 5.75 Å². The van der Waals surface area contributed by atoms with Crippen LogP contribution in [0.4, 0.5) is 24.5 Å². The van der Waals surface area contributed by atoms with E-state index in [1.165, 1.54) is 36.8 Å². The van der Waals surface area contributed by atoms with Crippen molar-refractivity contribution in [2.75, 3.05) is 10.6 Å². The van der Waals surface area contributed by atoms with Gasteiger partial charge >= 0.3 is 6.18 Å². The minimum Gasteiger partial charge on any atom is -0.489 e. The molecule has 0 saturated carbocycles. The topological polar surface area (TPSA) is 80.6 Å². The van der Waals surface area contributed by atoms with Crippen molar-refractivity contribution in [3.8, 4) is 5.75 Å². The lowest BCUT2D eigenvalue weighted by molar-refractivity contribution is -0.136. The molecular weight excluding hydrogens is 461 g/mol. The zero-order chi connectivity index (χ0) is 24.8. The Kier molecular flexibility index (Phi) is 6.86. The normalized spacial score (nSPS) is 11.1. The molecule has 4 rings (SSSR count). The molecule has 0 aliphatic rings. The molecule has 0 aliphatic carbocycles. The van der Waals surface area contributed by atoms with Gasteiger partial charge in [0.25, 0.3) is 11.8 Å². The van der Waals surface area contributed by atoms with Gasteiger partial charge in [0, 0.05) is 11.3 Å². The van der Waals surface area contributed by atoms with Crippen molar-refractivity contribution in [2.45, 2.75) is 12.8 Å². The van der Waals surface area contributed by atoms with Crippen LogP contribution < -0.4 is 15.4 Å². The van der Waals surface area contributed by atoms with Crippen LogP contribution in [0.3, 0.4) is 0 Å². The number of hydrogen-bond acceptors (Lipinski definition) is 4. The van der Waals surface area contributed by atoms with Crippen LogP contribution in [0, 0.1) is 0 Å². The second-order valence-electron chi connectivity index (χ2n) is 7.48. The van der Waals surface area contributed by atoms with E-state index in [4.69, 9.17) is 9.15 Å². The molecule has 0 fully saturated rings. The lowest BCUT2D eigenvalue weighted by atomic mass is 10.1. The summed E-state index contributed by atoms with van der Waals surface area (Å²) in [7, 11) is 0. The van der Waals surface area contributed by atoms with Crippen LogP contribution in [-0.4, -0.2) is 11.8 Å². The number of alkyl halides is 3. The Hall–Kier alpha value is -4.53. The Balaban J connectivity index is 1.49. The number of halogens is 3. The molecule has 1 heterocycles. The summed E-state index contributed by atoms with van der Waals surface area (Å²) in [5.74, 6) is -0.971. The molecule has 0 unspecified atom stereocenters. The summed E-state index contributed by atoms with van der Waals surface area (Å²) in [6, 6.07) is 20.0. The first kappa shape index (κ1) is 23.6. The molecule has 0 atom stereocenters. The lowest BCUT2D eigenvalue weighted by Gasteiger charge is -2.16. The highest BCUT2D eigenvalue weighted by molar-refractivity contribution is 6.06. The zero-order valence-electron chi connectivity index (χ0n) is 18.1. The van der Waals surface area contributed by atoms with E-state index >= 15 is 0 Å². The molecule has 0 radical (unpaired) electrons. The number of ether oxygens (including phenoxy) is 1. The Labute approximate surface area is 198 Å². The third-order valence-corrected chi connectivity index (χ3v) is 4.96. The average molecular weight is 480 g/mol. The Bertz CT molecular complexity index is 1320. The zero-order valence-corrected chi connectivity index (χ0v) is 18.1. The third kappa shape index (κ3) is 6.08. The number of hydrogen-bond donors (Lipinski definition) is 2. The molecule has 0 saturated heterocycles. The van der Waals surface area contributed by atoms with Crippen LogP contribution >= 0.6 is 0 Å². The average Bonchev–Trinajstić information content (AvgIpc) is 3.39. The van der Waals surface area contributed by atoms with Crippen molar-refractivity contribution in [1.29, 1.82) is 0 Å². The van der Waals surface area contributed by atoms with E-state index in [1.807, 2.05) is 30.3 Å². The highest BCUT2D eigenvalue weighted by atomic mass is 19.4. The third-order valence-electron chi connectivity index (χ3n) is 4.96. The summed E-state index contributed by atoms with van der Waals surface area (Å²) in [6.45, 7) is 0.274. The smallest absolute Gasteiger partial charge is 0.418 e. The SMILES string of the molecule is O=C(Nc1ccc(NC(=O)c2cccc(OCc3ccccc3)c2)c(C(F)(F)F)c1)c1ccoc1. The quantitative estimate of drug-likeness (QED) is 0.322. The van der Waals surface area contributed by atoms with Gasteiger partial charge in [-0.1, -0.05) is 36.4 Å². The first-order valence-corrected chi connectivity index (χ1v) is 10.4. The minimum absolute atomic E-state index is 0.0853. The largest absolute Gasteiger partial charge is 0.489 e. The molecule has 9 heteroatoms. The van der Waals surface area contributed by atoms with E-state index < -0.39 is 29.2 Å². The Morgan fingerprint density at radius 2 is 1.60 bits per heavy atom. The van der Waals surface area contributed by atoms with Crippen LogP contribution in [0.25, 0.3) is 0 Å². The lowest BCUT2D eigenvalue weighted by Crippen LogP contribution is -2.18. The van der Waals surface area contributed by atoms with Crippen LogP contribution in [0.15, 0.2) is 95.8 Å². The molecular formula is C26H19F3N2O4. The highest BCUT2D eigenvalue weighted by Crippen LogP contribution is 2.37. The van der Waals surface area contributed by atoms with E-state index in [1.54, 1.807) is 12.1 Å². The first-order chi connectivity index (χ1) is 16.8. The van der Waals surface area contributed by atoms with Gasteiger partial charge in [0.2, 0.25) is 0 Å². The van der Waals surface area contributed by atoms with E-state index in [-0.39, 0.29) is 23.4 Å². The molecule has 0 bridgehead atoms. The number of furan rings is 1. The summed E-state index contributed by atoms with van der Waals surface area (Å²) >= 11 is 0. The number of anilines is 2. The maximum Gasteiger partial charge on any atom is 0.418 e. The fraction of sp³-hybridized carbons (Fsp3) is 0.0769. The summed E-state index contributed by atoms with van der Waals surface area (Å²) in [4.78, 5) is 24.8. The van der Waals surface area contributed by atoms with Crippen molar-refractivity contribution in [2.24, 2.45) is 0 Å². The molecule has 178 valence electrons.